The summed E-state index contributed by atoms with van der Waals surface area (Å²) in [4.78, 5) is 4.00. The highest BCUT2D eigenvalue weighted by Crippen LogP contribution is 2.31. The number of methoxy groups -OCH3 is 1. The predicted octanol–water partition coefficient (Wildman–Crippen LogP) is 2.93. The molecule has 0 N–H and O–H groups in total. The monoisotopic (exact) mass is 340 g/mol. The van der Waals surface area contributed by atoms with Crippen molar-refractivity contribution in [3.8, 4) is 0 Å². The van der Waals surface area contributed by atoms with Gasteiger partial charge in [0.25, 0.3) is 10.0 Å². The van der Waals surface area contributed by atoms with Crippen LogP contribution in [0.4, 0.5) is 0 Å². The van der Waals surface area contributed by atoms with Crippen molar-refractivity contribution in [3.63, 3.8) is 0 Å². The maximum atomic E-state index is 12.8. The van der Waals surface area contributed by atoms with Gasteiger partial charge in [0.15, 0.2) is 8.68 Å². The Morgan fingerprint density at radius 2 is 2.00 bits per heavy atom. The van der Waals surface area contributed by atoms with Gasteiger partial charge in [0.2, 0.25) is 0 Å². The standard InChI is InChI=1S/C12H21ClN2O3S2/c1-5-10(6-2)15(7-8-18-4)20(16,17)11-9(3)14-12(13)19-11/h10H,5-8H2,1-4H3. The van der Waals surface area contributed by atoms with Crippen LogP contribution < -0.4 is 0 Å². The molecule has 116 valence electrons. The average Bonchev–Trinajstić information content (AvgIpc) is 2.74. The molecule has 0 aliphatic carbocycles. The van der Waals surface area contributed by atoms with E-state index >= 15 is 0 Å². The van der Waals surface area contributed by atoms with Crippen LogP contribution >= 0.6 is 22.9 Å². The number of sulfonamides is 1. The molecule has 1 rings (SSSR count). The van der Waals surface area contributed by atoms with Crippen LogP contribution in [0.15, 0.2) is 4.21 Å². The second-order valence-corrected chi connectivity index (χ2v) is 8.09. The second-order valence-electron chi connectivity index (χ2n) is 4.42. The Kier molecular flexibility index (Phi) is 6.87. The number of hydrogen-bond donors (Lipinski definition) is 0. The molecular weight excluding hydrogens is 320 g/mol. The summed E-state index contributed by atoms with van der Waals surface area (Å²) in [6.07, 6.45) is 1.51. The molecule has 0 bridgehead atoms. The molecule has 0 atom stereocenters. The van der Waals surface area contributed by atoms with Crippen LogP contribution in [0.3, 0.4) is 0 Å². The van der Waals surface area contributed by atoms with E-state index in [1.807, 2.05) is 13.8 Å². The fourth-order valence-electron chi connectivity index (χ4n) is 2.07. The Morgan fingerprint density at radius 1 is 1.40 bits per heavy atom. The molecule has 0 saturated heterocycles. The number of aryl methyl sites for hydroxylation is 1. The third-order valence-corrected chi connectivity index (χ3v) is 6.94. The van der Waals surface area contributed by atoms with E-state index in [0.29, 0.717) is 18.8 Å². The molecule has 5 nitrogen and oxygen atoms in total. The van der Waals surface area contributed by atoms with Gasteiger partial charge >= 0.3 is 0 Å². The third kappa shape index (κ3) is 3.92. The molecule has 20 heavy (non-hydrogen) atoms. The topological polar surface area (TPSA) is 59.5 Å². The summed E-state index contributed by atoms with van der Waals surface area (Å²) in [7, 11) is -2.02. The highest BCUT2D eigenvalue weighted by atomic mass is 35.5. The van der Waals surface area contributed by atoms with Gasteiger partial charge in [-0.25, -0.2) is 13.4 Å². The van der Waals surface area contributed by atoms with Crippen LogP contribution in [0, 0.1) is 6.92 Å². The van der Waals surface area contributed by atoms with Crippen molar-refractivity contribution in [2.75, 3.05) is 20.3 Å². The van der Waals surface area contributed by atoms with Crippen LogP contribution in [0.2, 0.25) is 4.47 Å². The molecule has 0 aliphatic heterocycles. The van der Waals surface area contributed by atoms with E-state index < -0.39 is 10.0 Å². The zero-order valence-electron chi connectivity index (χ0n) is 12.2. The smallest absolute Gasteiger partial charge is 0.254 e. The number of nitrogens with zero attached hydrogens (tertiary/aromatic N) is 2. The van der Waals surface area contributed by atoms with Gasteiger partial charge in [-0.1, -0.05) is 36.8 Å². The van der Waals surface area contributed by atoms with Crippen molar-refractivity contribution >= 4 is 33.0 Å². The largest absolute Gasteiger partial charge is 0.383 e. The second kappa shape index (κ2) is 7.70. The highest BCUT2D eigenvalue weighted by molar-refractivity contribution is 7.91. The molecular formula is C12H21ClN2O3S2. The van der Waals surface area contributed by atoms with Crippen LogP contribution in [0.25, 0.3) is 0 Å². The molecule has 8 heteroatoms. The maximum absolute atomic E-state index is 12.8. The fraction of sp³-hybridized carbons (Fsp3) is 0.750. The van der Waals surface area contributed by atoms with E-state index in [1.165, 1.54) is 4.31 Å². The minimum Gasteiger partial charge on any atom is -0.383 e. The van der Waals surface area contributed by atoms with Crippen LogP contribution in [0.1, 0.15) is 32.4 Å². The normalized spacial score (nSPS) is 12.6. The highest BCUT2D eigenvalue weighted by Gasteiger charge is 2.32. The summed E-state index contributed by atoms with van der Waals surface area (Å²) in [6, 6.07) is -0.0459. The average molecular weight is 341 g/mol. The lowest BCUT2D eigenvalue weighted by atomic mass is 10.2. The molecule has 0 radical (unpaired) electrons. The van der Waals surface area contributed by atoms with Crippen molar-refractivity contribution in [1.29, 1.82) is 0 Å². The molecule has 0 saturated carbocycles. The number of ether oxygens (including phenoxy) is 1. The molecule has 0 amide bonds. The van der Waals surface area contributed by atoms with Crippen LogP contribution in [-0.4, -0.2) is 44.0 Å². The summed E-state index contributed by atoms with van der Waals surface area (Å²) in [5, 5.41) is 0. The maximum Gasteiger partial charge on any atom is 0.254 e. The van der Waals surface area contributed by atoms with Crippen molar-refractivity contribution in [3.05, 3.63) is 10.2 Å². The Bertz CT molecular complexity index is 527. The molecule has 0 spiro atoms. The minimum absolute atomic E-state index is 0.0459. The lowest BCUT2D eigenvalue weighted by Crippen LogP contribution is -2.41. The zero-order valence-corrected chi connectivity index (χ0v) is 14.6. The molecule has 0 fully saturated rings. The first-order valence-corrected chi connectivity index (χ1v) is 9.15. The minimum atomic E-state index is -3.58. The van der Waals surface area contributed by atoms with Gasteiger partial charge in [-0.05, 0) is 19.8 Å². The van der Waals surface area contributed by atoms with Crippen molar-refractivity contribution in [2.45, 2.75) is 43.9 Å². The Morgan fingerprint density at radius 3 is 2.40 bits per heavy atom. The number of rotatable bonds is 8. The van der Waals surface area contributed by atoms with Gasteiger partial charge in [-0.3, -0.25) is 0 Å². The summed E-state index contributed by atoms with van der Waals surface area (Å²) in [5.41, 5.74) is 0.452. The van der Waals surface area contributed by atoms with Gasteiger partial charge in [-0.2, -0.15) is 4.31 Å². The summed E-state index contributed by atoms with van der Waals surface area (Å²) < 4.78 is 32.6. The first kappa shape index (κ1) is 17.8. The van der Waals surface area contributed by atoms with E-state index in [2.05, 4.69) is 4.98 Å². The Hall–Kier alpha value is -0.210. The van der Waals surface area contributed by atoms with Crippen molar-refractivity contribution < 1.29 is 13.2 Å². The number of hydrogen-bond acceptors (Lipinski definition) is 5. The molecule has 1 aromatic rings. The van der Waals surface area contributed by atoms with Crippen molar-refractivity contribution in [2.24, 2.45) is 0 Å². The SMILES string of the molecule is CCC(CC)N(CCOC)S(=O)(=O)c1sc(Cl)nc1C. The molecule has 0 unspecified atom stereocenters. The van der Waals surface area contributed by atoms with Gasteiger partial charge in [-0.15, -0.1) is 0 Å². The first-order valence-electron chi connectivity index (χ1n) is 6.52. The number of halogens is 1. The van der Waals surface area contributed by atoms with E-state index in [-0.39, 0.29) is 14.7 Å². The number of aromatic nitrogens is 1. The Balaban J connectivity index is 3.19. The molecule has 0 aromatic carbocycles. The lowest BCUT2D eigenvalue weighted by Gasteiger charge is -2.28. The fourth-order valence-corrected chi connectivity index (χ4v) is 5.68. The van der Waals surface area contributed by atoms with Gasteiger partial charge < -0.3 is 4.74 Å². The lowest BCUT2D eigenvalue weighted by molar-refractivity contribution is 0.163. The molecule has 1 heterocycles. The van der Waals surface area contributed by atoms with Gasteiger partial charge in [0, 0.05) is 19.7 Å². The summed E-state index contributed by atoms with van der Waals surface area (Å²) >= 11 is 6.83. The van der Waals surface area contributed by atoms with Gasteiger partial charge in [0.05, 0.1) is 12.3 Å². The Labute approximate surface area is 130 Å². The predicted molar refractivity (Wildman–Crippen MR) is 82.0 cm³/mol. The zero-order chi connectivity index (χ0) is 15.3. The van der Waals surface area contributed by atoms with E-state index in [0.717, 1.165) is 24.2 Å². The van der Waals surface area contributed by atoms with E-state index in [1.54, 1.807) is 14.0 Å². The molecule has 1 aromatic heterocycles. The summed E-state index contributed by atoms with van der Waals surface area (Å²) in [5.74, 6) is 0. The summed E-state index contributed by atoms with van der Waals surface area (Å²) in [6.45, 7) is 6.32. The number of thiazole rings is 1. The van der Waals surface area contributed by atoms with Crippen LogP contribution in [0.5, 0.6) is 0 Å². The quantitative estimate of drug-likeness (QED) is 0.730. The van der Waals surface area contributed by atoms with E-state index in [9.17, 15) is 8.42 Å². The first-order chi connectivity index (χ1) is 9.38. The van der Waals surface area contributed by atoms with Gasteiger partial charge in [0.1, 0.15) is 0 Å². The third-order valence-electron chi connectivity index (χ3n) is 3.14. The van der Waals surface area contributed by atoms with E-state index in [4.69, 9.17) is 16.3 Å². The molecule has 0 aliphatic rings. The van der Waals surface area contributed by atoms with Crippen LogP contribution in [-0.2, 0) is 14.8 Å². The van der Waals surface area contributed by atoms with Crippen molar-refractivity contribution in [1.82, 2.24) is 9.29 Å².